The summed E-state index contributed by atoms with van der Waals surface area (Å²) in [5, 5.41) is 0. The summed E-state index contributed by atoms with van der Waals surface area (Å²) in [6.45, 7) is 2.11. The second-order valence-corrected chi connectivity index (χ2v) is 4.35. The molecule has 5 heteroatoms. The van der Waals surface area contributed by atoms with Gasteiger partial charge in [0.2, 0.25) is 0 Å². The summed E-state index contributed by atoms with van der Waals surface area (Å²) < 4.78 is 10.8. The molecule has 0 bridgehead atoms. The second-order valence-electron chi connectivity index (χ2n) is 4.35. The highest BCUT2D eigenvalue weighted by Gasteiger charge is 2.11. The van der Waals surface area contributed by atoms with Crippen LogP contribution in [0.4, 0.5) is 0 Å². The zero-order chi connectivity index (χ0) is 14.2. The Balaban J connectivity index is 1.74. The Bertz CT molecular complexity index is 531. The second kappa shape index (κ2) is 7.23. The molecule has 5 nitrogen and oxygen atoms in total. The Kier molecular flexibility index (Phi) is 5.06. The summed E-state index contributed by atoms with van der Waals surface area (Å²) in [6.07, 6.45) is 4.47. The van der Waals surface area contributed by atoms with Crippen molar-refractivity contribution < 1.29 is 14.3 Å². The predicted molar refractivity (Wildman–Crippen MR) is 73.2 cm³/mol. The molecule has 0 unspecified atom stereocenters. The lowest BCUT2D eigenvalue weighted by Crippen LogP contribution is -2.23. The van der Waals surface area contributed by atoms with Gasteiger partial charge in [-0.05, 0) is 24.6 Å². The molecule has 1 heterocycles. The third-order valence-corrected chi connectivity index (χ3v) is 2.52. The first-order chi connectivity index (χ1) is 9.74. The van der Waals surface area contributed by atoms with Crippen LogP contribution in [0.2, 0.25) is 0 Å². The van der Waals surface area contributed by atoms with Gasteiger partial charge in [0.05, 0.1) is 6.42 Å². The standard InChI is InChI=1S/C15H16N2O3/c1-12(10-19-14-5-3-2-4-6-14)20-15(18)7-13-8-16-11-17-9-13/h2-6,8-9,11-12H,7,10H2,1H3/t12-/m0/s1. The Hall–Kier alpha value is -2.43. The van der Waals surface area contributed by atoms with E-state index in [0.29, 0.717) is 6.61 Å². The minimum Gasteiger partial charge on any atom is -0.490 e. The highest BCUT2D eigenvalue weighted by atomic mass is 16.6. The van der Waals surface area contributed by atoms with E-state index in [-0.39, 0.29) is 18.5 Å². The van der Waals surface area contributed by atoms with Gasteiger partial charge < -0.3 is 9.47 Å². The van der Waals surface area contributed by atoms with E-state index in [9.17, 15) is 4.79 Å². The quantitative estimate of drug-likeness (QED) is 0.753. The number of ether oxygens (including phenoxy) is 2. The third kappa shape index (κ3) is 4.68. The molecule has 0 spiro atoms. The van der Waals surface area contributed by atoms with Crippen LogP contribution >= 0.6 is 0 Å². The van der Waals surface area contributed by atoms with Crippen molar-refractivity contribution in [1.82, 2.24) is 9.97 Å². The molecule has 0 aliphatic heterocycles. The van der Waals surface area contributed by atoms with Crippen molar-refractivity contribution in [1.29, 1.82) is 0 Å². The molecule has 2 aromatic rings. The first-order valence-electron chi connectivity index (χ1n) is 6.35. The molecule has 0 amide bonds. The van der Waals surface area contributed by atoms with Gasteiger partial charge in [-0.25, -0.2) is 9.97 Å². The van der Waals surface area contributed by atoms with Gasteiger partial charge in [0, 0.05) is 12.4 Å². The van der Waals surface area contributed by atoms with Crippen LogP contribution in [0.25, 0.3) is 0 Å². The lowest BCUT2D eigenvalue weighted by molar-refractivity contribution is -0.148. The van der Waals surface area contributed by atoms with Gasteiger partial charge in [0.15, 0.2) is 0 Å². The zero-order valence-corrected chi connectivity index (χ0v) is 11.2. The van der Waals surface area contributed by atoms with Gasteiger partial charge >= 0.3 is 5.97 Å². The molecular formula is C15H16N2O3. The lowest BCUT2D eigenvalue weighted by Gasteiger charge is -2.14. The molecule has 0 saturated carbocycles. The SMILES string of the molecule is C[C@@H](COc1ccccc1)OC(=O)Cc1cncnc1. The minimum absolute atomic E-state index is 0.163. The van der Waals surface area contributed by atoms with E-state index in [4.69, 9.17) is 9.47 Å². The van der Waals surface area contributed by atoms with E-state index in [1.165, 1.54) is 6.33 Å². The van der Waals surface area contributed by atoms with Gasteiger partial charge in [0.25, 0.3) is 0 Å². The van der Waals surface area contributed by atoms with E-state index < -0.39 is 0 Å². The topological polar surface area (TPSA) is 61.3 Å². The fraction of sp³-hybridized carbons (Fsp3) is 0.267. The Morgan fingerprint density at radius 3 is 2.60 bits per heavy atom. The first-order valence-corrected chi connectivity index (χ1v) is 6.35. The number of aromatic nitrogens is 2. The van der Waals surface area contributed by atoms with Crippen LogP contribution in [-0.2, 0) is 16.0 Å². The minimum atomic E-state index is -0.316. The monoisotopic (exact) mass is 272 g/mol. The van der Waals surface area contributed by atoms with Gasteiger partial charge in [-0.1, -0.05) is 18.2 Å². The number of nitrogens with zero attached hydrogens (tertiary/aromatic N) is 2. The van der Waals surface area contributed by atoms with E-state index >= 15 is 0 Å². The summed E-state index contributed by atoms with van der Waals surface area (Å²) in [7, 11) is 0. The molecule has 0 saturated heterocycles. The molecule has 0 N–H and O–H groups in total. The van der Waals surface area contributed by atoms with Gasteiger partial charge in [-0.2, -0.15) is 0 Å². The Morgan fingerprint density at radius 1 is 1.20 bits per heavy atom. The van der Waals surface area contributed by atoms with Crippen LogP contribution in [0, 0.1) is 0 Å². The Labute approximate surface area is 117 Å². The molecule has 0 radical (unpaired) electrons. The maximum absolute atomic E-state index is 11.7. The van der Waals surface area contributed by atoms with Crippen molar-refractivity contribution in [2.75, 3.05) is 6.61 Å². The average molecular weight is 272 g/mol. The molecule has 104 valence electrons. The number of hydrogen-bond acceptors (Lipinski definition) is 5. The van der Waals surface area contributed by atoms with Crippen LogP contribution < -0.4 is 4.74 Å². The van der Waals surface area contributed by atoms with Crippen molar-refractivity contribution >= 4 is 5.97 Å². The molecular weight excluding hydrogens is 256 g/mol. The van der Waals surface area contributed by atoms with Gasteiger partial charge in [0.1, 0.15) is 24.8 Å². The van der Waals surface area contributed by atoms with Crippen LogP contribution in [0.3, 0.4) is 0 Å². The number of carbonyl (C=O) groups excluding carboxylic acids is 1. The zero-order valence-electron chi connectivity index (χ0n) is 11.2. The average Bonchev–Trinajstić information content (AvgIpc) is 2.47. The molecule has 2 rings (SSSR count). The fourth-order valence-corrected chi connectivity index (χ4v) is 1.62. The molecule has 1 atom stereocenters. The fourth-order valence-electron chi connectivity index (χ4n) is 1.62. The van der Waals surface area contributed by atoms with E-state index in [2.05, 4.69) is 9.97 Å². The number of benzene rings is 1. The number of para-hydroxylation sites is 1. The number of esters is 1. The summed E-state index contributed by atoms with van der Waals surface area (Å²) >= 11 is 0. The maximum atomic E-state index is 11.7. The molecule has 0 aliphatic rings. The predicted octanol–water partition coefficient (Wildman–Crippen LogP) is 2.03. The normalized spacial score (nSPS) is 11.7. The van der Waals surface area contributed by atoms with Crippen molar-refractivity contribution in [3.63, 3.8) is 0 Å². The van der Waals surface area contributed by atoms with Crippen molar-refractivity contribution in [3.05, 3.63) is 54.6 Å². The highest BCUT2D eigenvalue weighted by molar-refractivity contribution is 5.72. The number of rotatable bonds is 6. The van der Waals surface area contributed by atoms with Crippen LogP contribution in [0.5, 0.6) is 5.75 Å². The maximum Gasteiger partial charge on any atom is 0.310 e. The number of carbonyl (C=O) groups is 1. The summed E-state index contributed by atoms with van der Waals surface area (Å²) in [5.41, 5.74) is 0.730. The van der Waals surface area contributed by atoms with Crippen LogP contribution in [0.1, 0.15) is 12.5 Å². The summed E-state index contributed by atoms with van der Waals surface area (Å²) in [4.78, 5) is 19.4. The molecule has 20 heavy (non-hydrogen) atoms. The molecule has 1 aromatic carbocycles. The molecule has 1 aromatic heterocycles. The van der Waals surface area contributed by atoms with Crippen molar-refractivity contribution in [2.24, 2.45) is 0 Å². The number of hydrogen-bond donors (Lipinski definition) is 0. The first kappa shape index (κ1) is 14.0. The highest BCUT2D eigenvalue weighted by Crippen LogP contribution is 2.09. The summed E-state index contributed by atoms with van der Waals surface area (Å²) in [6, 6.07) is 9.41. The molecule has 0 fully saturated rings. The van der Waals surface area contributed by atoms with E-state index in [0.717, 1.165) is 11.3 Å². The van der Waals surface area contributed by atoms with Crippen LogP contribution in [-0.4, -0.2) is 28.6 Å². The Morgan fingerprint density at radius 2 is 1.90 bits per heavy atom. The largest absolute Gasteiger partial charge is 0.490 e. The molecule has 0 aliphatic carbocycles. The van der Waals surface area contributed by atoms with Crippen LogP contribution in [0.15, 0.2) is 49.1 Å². The van der Waals surface area contributed by atoms with E-state index in [1.54, 1.807) is 19.3 Å². The van der Waals surface area contributed by atoms with Gasteiger partial charge in [-0.3, -0.25) is 4.79 Å². The third-order valence-electron chi connectivity index (χ3n) is 2.52. The van der Waals surface area contributed by atoms with Gasteiger partial charge in [-0.15, -0.1) is 0 Å². The lowest BCUT2D eigenvalue weighted by atomic mass is 10.2. The summed E-state index contributed by atoms with van der Waals surface area (Å²) in [5.74, 6) is 0.441. The van der Waals surface area contributed by atoms with E-state index in [1.807, 2.05) is 30.3 Å². The van der Waals surface area contributed by atoms with Crippen molar-refractivity contribution in [2.45, 2.75) is 19.4 Å². The van der Waals surface area contributed by atoms with Crippen molar-refractivity contribution in [3.8, 4) is 5.75 Å². The smallest absolute Gasteiger partial charge is 0.310 e.